The minimum Gasteiger partial charge on any atom is -0.323 e. The van der Waals surface area contributed by atoms with Gasteiger partial charge in [0.25, 0.3) is 5.91 Å². The Hall–Kier alpha value is -2.10. The van der Waals surface area contributed by atoms with Crippen molar-refractivity contribution < 1.29 is 31.2 Å². The third kappa shape index (κ3) is 4.72. The third-order valence-corrected chi connectivity index (χ3v) is 4.21. The van der Waals surface area contributed by atoms with Crippen LogP contribution in [0, 0.1) is 0 Å². The van der Waals surface area contributed by atoms with Crippen LogP contribution in [-0.4, -0.2) is 31.7 Å². The molecule has 122 valence electrons. The second kappa shape index (κ2) is 6.34. The molecule has 0 aromatic heterocycles. The molecule has 22 heavy (non-hydrogen) atoms. The average molecular weight is 338 g/mol. The van der Waals surface area contributed by atoms with Crippen molar-refractivity contribution in [3.63, 3.8) is 0 Å². The van der Waals surface area contributed by atoms with Crippen LogP contribution < -0.4 is 10.0 Å². The predicted octanol–water partition coefficient (Wildman–Crippen LogP) is 0.899. The fourth-order valence-corrected chi connectivity index (χ4v) is 2.58. The van der Waals surface area contributed by atoms with Crippen LogP contribution in [0.15, 0.2) is 36.1 Å². The van der Waals surface area contributed by atoms with Gasteiger partial charge in [0, 0.05) is 11.3 Å². The molecule has 1 aliphatic rings. The summed E-state index contributed by atoms with van der Waals surface area (Å²) in [6.07, 6.45) is -1.85. The molecule has 0 aromatic rings. The van der Waals surface area contributed by atoms with Gasteiger partial charge in [-0.15, -0.1) is 0 Å². The van der Waals surface area contributed by atoms with Gasteiger partial charge in [-0.2, -0.15) is 13.2 Å². The monoisotopic (exact) mass is 338 g/mol. The maximum Gasteiger partial charge on any atom is 0.472 e. The van der Waals surface area contributed by atoms with Gasteiger partial charge in [0.15, 0.2) is 0 Å². The van der Waals surface area contributed by atoms with Crippen molar-refractivity contribution in [3.05, 3.63) is 36.1 Å². The van der Waals surface area contributed by atoms with Crippen molar-refractivity contribution in [1.29, 1.82) is 0 Å². The van der Waals surface area contributed by atoms with Gasteiger partial charge < -0.3 is 5.32 Å². The van der Waals surface area contributed by atoms with Crippen LogP contribution in [-0.2, 0) is 19.6 Å². The Kier molecular flexibility index (Phi) is 5.17. The number of halogens is 3. The molecule has 0 aliphatic heterocycles. The van der Waals surface area contributed by atoms with E-state index in [0.29, 0.717) is 5.70 Å². The van der Waals surface area contributed by atoms with Crippen LogP contribution >= 0.6 is 0 Å². The molecule has 0 spiro atoms. The van der Waals surface area contributed by atoms with E-state index in [9.17, 15) is 31.2 Å². The van der Waals surface area contributed by atoms with Crippen LogP contribution in [0.25, 0.3) is 0 Å². The van der Waals surface area contributed by atoms with Gasteiger partial charge in [-0.3, -0.25) is 9.59 Å². The second-order valence-electron chi connectivity index (χ2n) is 4.50. The first-order valence-electron chi connectivity index (χ1n) is 5.91. The molecule has 2 amide bonds. The second-order valence-corrected chi connectivity index (χ2v) is 6.40. The number of carbonyl (C=O) groups excluding carboxylic acids is 2. The molecule has 1 rings (SSSR count). The Morgan fingerprint density at radius 2 is 1.95 bits per heavy atom. The van der Waals surface area contributed by atoms with E-state index < -0.39 is 33.3 Å². The number of amides is 2. The van der Waals surface area contributed by atoms with Crippen molar-refractivity contribution in [2.24, 2.45) is 0 Å². The molecule has 6 nitrogen and oxygen atoms in total. The van der Waals surface area contributed by atoms with E-state index in [2.05, 4.69) is 11.9 Å². The van der Waals surface area contributed by atoms with E-state index in [1.54, 1.807) is 0 Å². The topological polar surface area (TPSA) is 92.3 Å². The van der Waals surface area contributed by atoms with E-state index in [1.807, 2.05) is 0 Å². The van der Waals surface area contributed by atoms with E-state index in [4.69, 9.17) is 0 Å². The molecule has 0 heterocycles. The fourth-order valence-electron chi connectivity index (χ4n) is 1.42. The molecule has 1 aliphatic carbocycles. The van der Waals surface area contributed by atoms with Crippen molar-refractivity contribution in [1.82, 2.24) is 10.0 Å². The largest absolute Gasteiger partial charge is 0.472 e. The lowest BCUT2D eigenvalue weighted by molar-refractivity contribution is -0.171. The predicted molar refractivity (Wildman–Crippen MR) is 71.7 cm³/mol. The summed E-state index contributed by atoms with van der Waals surface area (Å²) in [6, 6.07) is 0. The van der Waals surface area contributed by atoms with Gasteiger partial charge >= 0.3 is 12.1 Å². The van der Waals surface area contributed by atoms with Gasteiger partial charge in [0.2, 0.25) is 10.0 Å². The molecule has 10 heteroatoms. The Morgan fingerprint density at radius 3 is 2.36 bits per heavy atom. The third-order valence-electron chi connectivity index (χ3n) is 2.60. The number of allylic oxidation sites excluding steroid dienone is 2. The lowest BCUT2D eigenvalue weighted by Gasteiger charge is -2.18. The summed E-state index contributed by atoms with van der Waals surface area (Å²) >= 11 is 0. The van der Waals surface area contributed by atoms with E-state index >= 15 is 0 Å². The summed E-state index contributed by atoms with van der Waals surface area (Å²) in [5.74, 6) is -3.02. The van der Waals surface area contributed by atoms with E-state index in [1.165, 1.54) is 19.1 Å². The number of hydrogen-bond acceptors (Lipinski definition) is 4. The van der Waals surface area contributed by atoms with Gasteiger partial charge in [0.1, 0.15) is 5.25 Å². The summed E-state index contributed by atoms with van der Waals surface area (Å²) in [5, 5.41) is 1.09. The Morgan fingerprint density at radius 1 is 1.36 bits per heavy atom. The number of carbonyl (C=O) groups is 2. The van der Waals surface area contributed by atoms with Gasteiger partial charge in [-0.25, -0.2) is 13.1 Å². The summed E-state index contributed by atoms with van der Waals surface area (Å²) < 4.78 is 60.5. The number of nitrogens with one attached hydrogen (secondary N) is 2. The number of alkyl halides is 3. The maximum atomic E-state index is 12.1. The quantitative estimate of drug-likeness (QED) is 0.745. The number of rotatable bonds is 4. The minimum atomic E-state index is -5.29. The first-order chi connectivity index (χ1) is 9.93. The zero-order valence-corrected chi connectivity index (χ0v) is 12.2. The van der Waals surface area contributed by atoms with Crippen molar-refractivity contribution in [2.75, 3.05) is 0 Å². The van der Waals surface area contributed by atoms with E-state index in [0.717, 1.165) is 10.8 Å². The van der Waals surface area contributed by atoms with Crippen LogP contribution in [0.1, 0.15) is 13.3 Å². The maximum absolute atomic E-state index is 12.1. The Labute approximate surface area is 124 Å². The molecule has 0 aromatic carbocycles. The zero-order valence-electron chi connectivity index (χ0n) is 11.4. The smallest absolute Gasteiger partial charge is 0.323 e. The fraction of sp³-hybridized carbons (Fsp3) is 0.333. The van der Waals surface area contributed by atoms with Crippen molar-refractivity contribution in [2.45, 2.75) is 24.8 Å². The van der Waals surface area contributed by atoms with E-state index in [-0.39, 0.29) is 12.0 Å². The average Bonchev–Trinajstić information content (AvgIpc) is 2.37. The molecule has 0 saturated heterocycles. The minimum absolute atomic E-state index is 0.192. The first kappa shape index (κ1) is 18.0. The highest BCUT2D eigenvalue weighted by Crippen LogP contribution is 2.19. The zero-order chi connectivity index (χ0) is 17.1. The van der Waals surface area contributed by atoms with Crippen LogP contribution in [0.5, 0.6) is 0 Å². The molecule has 1 atom stereocenters. The van der Waals surface area contributed by atoms with Crippen LogP contribution in [0.3, 0.4) is 0 Å². The van der Waals surface area contributed by atoms with Crippen LogP contribution in [0.2, 0.25) is 0 Å². The first-order valence-corrected chi connectivity index (χ1v) is 7.46. The molecule has 0 saturated carbocycles. The number of hydrogen-bond donors (Lipinski definition) is 2. The van der Waals surface area contributed by atoms with Gasteiger partial charge in [-0.05, 0) is 19.4 Å². The molecular formula is C12H13F3N2O4S. The van der Waals surface area contributed by atoms with Gasteiger partial charge in [0.05, 0.1) is 0 Å². The summed E-state index contributed by atoms with van der Waals surface area (Å²) in [6.45, 7) is 4.89. The Balaban J connectivity index is 2.73. The highest BCUT2D eigenvalue weighted by Gasteiger charge is 2.42. The molecular weight excluding hydrogens is 325 g/mol. The highest BCUT2D eigenvalue weighted by atomic mass is 32.2. The lowest BCUT2D eigenvalue weighted by Crippen LogP contribution is -2.44. The highest BCUT2D eigenvalue weighted by molar-refractivity contribution is 7.90. The molecule has 0 radical (unpaired) electrons. The number of sulfonamides is 1. The summed E-state index contributed by atoms with van der Waals surface area (Å²) in [5.41, 5.74) is 0.531. The van der Waals surface area contributed by atoms with Gasteiger partial charge in [-0.1, -0.05) is 18.7 Å². The normalized spacial score (nSPS) is 18.4. The summed E-state index contributed by atoms with van der Waals surface area (Å²) in [4.78, 5) is 22.0. The standard InChI is InChI=1S/C12H13F3N2O4S/c1-7(2)10(18)16-8-3-5-9(6-4-8)22(20,21)17-11(19)12(13,14)15/h3-5,9H,1,6H2,2H3,(H,16,18)(H,17,19). The molecule has 0 bridgehead atoms. The van der Waals surface area contributed by atoms with Crippen LogP contribution in [0.4, 0.5) is 13.2 Å². The molecule has 0 fully saturated rings. The molecule has 1 unspecified atom stereocenters. The summed E-state index contributed by atoms with van der Waals surface area (Å²) in [7, 11) is -4.52. The molecule has 2 N–H and O–H groups in total. The van der Waals surface area contributed by atoms with Crippen molar-refractivity contribution in [3.8, 4) is 0 Å². The SMILES string of the molecule is C=C(C)C(=O)NC1=CCC(S(=O)(=O)NC(=O)C(F)(F)F)C=C1. The Bertz CT molecular complexity index is 662. The van der Waals surface area contributed by atoms with Crippen molar-refractivity contribution >= 4 is 21.8 Å². The lowest BCUT2D eigenvalue weighted by atomic mass is 10.1.